The van der Waals surface area contributed by atoms with E-state index in [1.54, 1.807) is 10.6 Å². The van der Waals surface area contributed by atoms with Crippen molar-refractivity contribution in [1.29, 1.82) is 0 Å². The van der Waals surface area contributed by atoms with E-state index in [1.165, 1.54) is 12.1 Å². The summed E-state index contributed by atoms with van der Waals surface area (Å²) in [5, 5.41) is 0. The molecule has 0 amide bonds. The summed E-state index contributed by atoms with van der Waals surface area (Å²) in [7, 11) is 0. The standard InChI is InChI=1S/C21H27F3N4O.C2H6.C2H2/c1-3-4-8-19-16(2)28(20(29)25-19)14-11-26-9-12-27(13-10-26)18-7-5-6-17(15-18)21(22,23)24;2*1-2/h3-7,15H,8-14H2,1-2H3,(H,25,29);1-2H3;1-2H/b4-3-;;. The van der Waals surface area contributed by atoms with E-state index < -0.39 is 11.7 Å². The molecule has 1 aromatic heterocycles. The predicted octanol–water partition coefficient (Wildman–Crippen LogP) is 4.72. The van der Waals surface area contributed by atoms with Crippen molar-refractivity contribution in [3.8, 4) is 12.8 Å². The van der Waals surface area contributed by atoms with Crippen LogP contribution in [0.25, 0.3) is 0 Å². The van der Waals surface area contributed by atoms with Gasteiger partial charge in [0.25, 0.3) is 0 Å². The lowest BCUT2D eigenvalue weighted by Gasteiger charge is -2.36. The quantitative estimate of drug-likeness (QED) is 0.497. The Kier molecular flexibility index (Phi) is 11.6. The van der Waals surface area contributed by atoms with Gasteiger partial charge in [-0.25, -0.2) is 4.79 Å². The first-order valence-electron chi connectivity index (χ1n) is 11.2. The topological polar surface area (TPSA) is 44.3 Å². The molecule has 8 heteroatoms. The van der Waals surface area contributed by atoms with Crippen molar-refractivity contribution in [2.24, 2.45) is 0 Å². The highest BCUT2D eigenvalue weighted by Crippen LogP contribution is 2.31. The fraction of sp³-hybridized carbons (Fsp3) is 0.480. The summed E-state index contributed by atoms with van der Waals surface area (Å²) < 4.78 is 40.6. The van der Waals surface area contributed by atoms with Crippen molar-refractivity contribution >= 4 is 5.69 Å². The Morgan fingerprint density at radius 1 is 1.09 bits per heavy atom. The molecular weight excluding hydrogens is 429 g/mol. The number of hydrogen-bond donors (Lipinski definition) is 1. The van der Waals surface area contributed by atoms with Crippen molar-refractivity contribution in [3.05, 3.63) is 63.9 Å². The van der Waals surface area contributed by atoms with Crippen molar-refractivity contribution in [2.75, 3.05) is 37.6 Å². The van der Waals surface area contributed by atoms with E-state index >= 15 is 0 Å². The molecule has 182 valence electrons. The first-order chi connectivity index (χ1) is 15.8. The summed E-state index contributed by atoms with van der Waals surface area (Å²) in [6.45, 7) is 12.0. The lowest BCUT2D eigenvalue weighted by atomic mass is 10.1. The normalized spacial score (nSPS) is 14.4. The number of benzene rings is 1. The number of H-pyrrole nitrogens is 1. The lowest BCUT2D eigenvalue weighted by Crippen LogP contribution is -2.47. The van der Waals surface area contributed by atoms with Gasteiger partial charge in [0, 0.05) is 62.8 Å². The number of piperazine rings is 1. The maximum Gasteiger partial charge on any atom is 0.416 e. The molecule has 0 aliphatic carbocycles. The first-order valence-corrected chi connectivity index (χ1v) is 11.2. The zero-order valence-electron chi connectivity index (χ0n) is 20.0. The van der Waals surface area contributed by atoms with E-state index in [1.807, 2.05) is 44.7 Å². The van der Waals surface area contributed by atoms with Crippen LogP contribution >= 0.6 is 0 Å². The Hall–Kier alpha value is -2.92. The monoisotopic (exact) mass is 464 g/mol. The SMILES string of the molecule is C#C.C/C=C\Cc1[nH]c(=O)n(CCN2CCN(c3cccc(C(F)(F)F)c3)CC2)c1C.CC. The zero-order chi connectivity index (χ0) is 25.0. The molecule has 1 aliphatic heterocycles. The summed E-state index contributed by atoms with van der Waals surface area (Å²) in [5.41, 5.74) is 1.78. The Morgan fingerprint density at radius 3 is 2.30 bits per heavy atom. The summed E-state index contributed by atoms with van der Waals surface area (Å²) >= 11 is 0. The average molecular weight is 465 g/mol. The van der Waals surface area contributed by atoms with Gasteiger partial charge in [-0.15, -0.1) is 12.8 Å². The van der Waals surface area contributed by atoms with Crippen molar-refractivity contribution in [2.45, 2.75) is 46.8 Å². The number of alkyl halides is 3. The highest BCUT2D eigenvalue weighted by Gasteiger charge is 2.31. The third-order valence-electron chi connectivity index (χ3n) is 5.45. The van der Waals surface area contributed by atoms with E-state index in [2.05, 4.69) is 22.7 Å². The Morgan fingerprint density at radius 2 is 1.73 bits per heavy atom. The van der Waals surface area contributed by atoms with Crippen LogP contribution in [0.4, 0.5) is 18.9 Å². The number of hydrogen-bond acceptors (Lipinski definition) is 3. The molecule has 1 fully saturated rings. The zero-order valence-corrected chi connectivity index (χ0v) is 20.0. The third-order valence-corrected chi connectivity index (χ3v) is 5.45. The molecule has 0 unspecified atom stereocenters. The Labute approximate surface area is 194 Å². The molecule has 1 saturated heterocycles. The molecule has 1 aromatic carbocycles. The van der Waals surface area contributed by atoms with Crippen molar-refractivity contribution < 1.29 is 13.2 Å². The fourth-order valence-corrected chi connectivity index (χ4v) is 3.66. The molecule has 0 radical (unpaired) electrons. The number of aromatic nitrogens is 2. The van der Waals surface area contributed by atoms with Crippen LogP contribution in [0.1, 0.15) is 37.7 Å². The number of terminal acetylenes is 1. The van der Waals surface area contributed by atoms with Gasteiger partial charge in [0.15, 0.2) is 0 Å². The van der Waals surface area contributed by atoms with Gasteiger partial charge < -0.3 is 9.88 Å². The van der Waals surface area contributed by atoms with Crippen LogP contribution in [0.5, 0.6) is 0 Å². The van der Waals surface area contributed by atoms with Gasteiger partial charge in [-0.1, -0.05) is 32.1 Å². The van der Waals surface area contributed by atoms with Gasteiger partial charge in [0.2, 0.25) is 0 Å². The summed E-state index contributed by atoms with van der Waals surface area (Å²) in [6.07, 6.45) is 8.35. The number of nitrogens with one attached hydrogen (secondary N) is 1. The molecule has 0 bridgehead atoms. The van der Waals surface area contributed by atoms with E-state index in [4.69, 9.17) is 0 Å². The molecule has 1 aliphatic rings. The van der Waals surface area contributed by atoms with Gasteiger partial charge in [0.05, 0.1) is 5.56 Å². The maximum atomic E-state index is 12.9. The number of allylic oxidation sites excluding steroid dienone is 2. The maximum absolute atomic E-state index is 12.9. The molecule has 1 N–H and O–H groups in total. The minimum Gasteiger partial charge on any atom is -0.369 e. The van der Waals surface area contributed by atoms with Gasteiger partial charge in [-0.3, -0.25) is 9.47 Å². The van der Waals surface area contributed by atoms with E-state index in [0.29, 0.717) is 31.7 Å². The lowest BCUT2D eigenvalue weighted by molar-refractivity contribution is -0.137. The first kappa shape index (κ1) is 28.1. The number of halogens is 3. The summed E-state index contributed by atoms with van der Waals surface area (Å²) in [5.74, 6) is 0. The van der Waals surface area contributed by atoms with Crippen LogP contribution in [0.2, 0.25) is 0 Å². The highest BCUT2D eigenvalue weighted by molar-refractivity contribution is 5.49. The summed E-state index contributed by atoms with van der Waals surface area (Å²) in [6, 6.07) is 5.49. The fourth-order valence-electron chi connectivity index (χ4n) is 3.66. The van der Waals surface area contributed by atoms with Crippen LogP contribution in [-0.4, -0.2) is 47.2 Å². The van der Waals surface area contributed by atoms with Crippen LogP contribution in [-0.2, 0) is 19.1 Å². The predicted molar refractivity (Wildman–Crippen MR) is 130 cm³/mol. The summed E-state index contributed by atoms with van der Waals surface area (Å²) in [4.78, 5) is 19.4. The average Bonchev–Trinajstić information content (AvgIpc) is 3.11. The second-order valence-corrected chi connectivity index (χ2v) is 7.30. The van der Waals surface area contributed by atoms with E-state index in [0.717, 1.165) is 37.1 Å². The van der Waals surface area contributed by atoms with Gasteiger partial charge in [-0.05, 0) is 32.0 Å². The van der Waals surface area contributed by atoms with Gasteiger partial charge in [0.1, 0.15) is 0 Å². The number of rotatable bonds is 6. The smallest absolute Gasteiger partial charge is 0.369 e. The van der Waals surface area contributed by atoms with E-state index in [9.17, 15) is 18.0 Å². The van der Waals surface area contributed by atoms with Crippen LogP contribution in [0.3, 0.4) is 0 Å². The van der Waals surface area contributed by atoms with E-state index in [-0.39, 0.29) is 5.69 Å². The number of anilines is 1. The number of aromatic amines is 1. The van der Waals surface area contributed by atoms with Gasteiger partial charge in [-0.2, -0.15) is 13.2 Å². The third kappa shape index (κ3) is 7.86. The molecular formula is C25H35F3N4O. The van der Waals surface area contributed by atoms with Crippen LogP contribution in [0, 0.1) is 19.8 Å². The minimum absolute atomic E-state index is 0.0930. The second kappa shape index (κ2) is 13.6. The molecule has 0 spiro atoms. The molecule has 0 atom stereocenters. The molecule has 5 nitrogen and oxygen atoms in total. The number of imidazole rings is 1. The van der Waals surface area contributed by atoms with Crippen molar-refractivity contribution in [3.63, 3.8) is 0 Å². The molecule has 2 aromatic rings. The number of nitrogens with zero attached hydrogens (tertiary/aromatic N) is 3. The van der Waals surface area contributed by atoms with Gasteiger partial charge >= 0.3 is 11.9 Å². The molecule has 0 saturated carbocycles. The molecule has 2 heterocycles. The second-order valence-electron chi connectivity index (χ2n) is 7.30. The molecule has 3 rings (SSSR count). The van der Waals surface area contributed by atoms with Crippen LogP contribution in [0.15, 0.2) is 41.2 Å². The Bertz CT molecular complexity index is 949. The highest BCUT2D eigenvalue weighted by atomic mass is 19.4. The molecule has 33 heavy (non-hydrogen) atoms. The van der Waals surface area contributed by atoms with Crippen molar-refractivity contribution in [1.82, 2.24) is 14.5 Å². The Balaban J connectivity index is 0.00000129. The minimum atomic E-state index is -4.33. The largest absolute Gasteiger partial charge is 0.416 e. The van der Waals surface area contributed by atoms with Crippen LogP contribution < -0.4 is 10.6 Å².